The predicted octanol–water partition coefficient (Wildman–Crippen LogP) is 4.25. The molecule has 1 saturated heterocycles. The molecule has 5 nitrogen and oxygen atoms in total. The average molecular weight is 362 g/mol. The maximum atomic E-state index is 13.3. The van der Waals surface area contributed by atoms with Crippen LogP contribution in [0.25, 0.3) is 0 Å². The van der Waals surface area contributed by atoms with Crippen LogP contribution in [0.1, 0.15) is 66.8 Å². The number of nitrogens with zero attached hydrogens (tertiary/aromatic N) is 2. The maximum Gasteiger partial charge on any atom is 0.243 e. The van der Waals surface area contributed by atoms with Crippen molar-refractivity contribution in [2.75, 3.05) is 6.54 Å². The van der Waals surface area contributed by atoms with Crippen LogP contribution < -0.4 is 0 Å². The summed E-state index contributed by atoms with van der Waals surface area (Å²) < 4.78 is 33.6. The first-order chi connectivity index (χ1) is 11.7. The highest BCUT2D eigenvalue weighted by molar-refractivity contribution is 7.89. The summed E-state index contributed by atoms with van der Waals surface area (Å²) >= 11 is 0. The molecule has 3 rings (SSSR count). The lowest BCUT2D eigenvalue weighted by Crippen LogP contribution is -2.31. The van der Waals surface area contributed by atoms with Crippen LogP contribution in [0, 0.1) is 20.8 Å². The molecule has 1 aliphatic heterocycles. The average Bonchev–Trinajstić information content (AvgIpc) is 3.18. The Bertz CT molecular complexity index is 884. The lowest BCUT2D eigenvalue weighted by molar-refractivity contribution is 0.338. The Labute approximate surface area is 150 Å². The van der Waals surface area contributed by atoms with E-state index in [1.54, 1.807) is 10.4 Å². The van der Waals surface area contributed by atoms with Gasteiger partial charge in [0.25, 0.3) is 0 Å². The molecule has 0 aliphatic carbocycles. The minimum atomic E-state index is -3.57. The smallest absolute Gasteiger partial charge is 0.243 e. The van der Waals surface area contributed by atoms with E-state index in [9.17, 15) is 8.42 Å². The van der Waals surface area contributed by atoms with E-state index in [-0.39, 0.29) is 12.0 Å². The van der Waals surface area contributed by atoms with Crippen molar-refractivity contribution in [3.63, 3.8) is 0 Å². The second-order valence-electron chi connectivity index (χ2n) is 7.28. The van der Waals surface area contributed by atoms with E-state index in [4.69, 9.17) is 4.52 Å². The van der Waals surface area contributed by atoms with Crippen molar-refractivity contribution in [1.29, 1.82) is 0 Å². The normalized spacial score (nSPS) is 19.0. The molecule has 1 aliphatic rings. The predicted molar refractivity (Wildman–Crippen MR) is 97.1 cm³/mol. The van der Waals surface area contributed by atoms with Crippen LogP contribution in [-0.2, 0) is 10.0 Å². The van der Waals surface area contributed by atoms with Crippen LogP contribution >= 0.6 is 0 Å². The summed E-state index contributed by atoms with van der Waals surface area (Å²) in [6.45, 7) is 10.4. The van der Waals surface area contributed by atoms with E-state index in [1.807, 2.05) is 46.8 Å². The largest absolute Gasteiger partial charge is 0.361 e. The summed E-state index contributed by atoms with van der Waals surface area (Å²) in [5.41, 5.74) is 3.60. The van der Waals surface area contributed by atoms with E-state index in [0.717, 1.165) is 35.3 Å². The zero-order valence-corrected chi connectivity index (χ0v) is 16.4. The van der Waals surface area contributed by atoms with Crippen LogP contribution in [0.15, 0.2) is 27.6 Å². The highest BCUT2D eigenvalue weighted by Gasteiger charge is 2.38. The van der Waals surface area contributed by atoms with Crippen molar-refractivity contribution >= 4 is 10.0 Å². The molecule has 25 heavy (non-hydrogen) atoms. The molecule has 0 spiro atoms. The van der Waals surface area contributed by atoms with Gasteiger partial charge in [0.2, 0.25) is 10.0 Å². The second kappa shape index (κ2) is 6.57. The lowest BCUT2D eigenvalue weighted by Gasteiger charge is -2.24. The molecule has 1 fully saturated rings. The van der Waals surface area contributed by atoms with Gasteiger partial charge in [0.1, 0.15) is 11.5 Å². The van der Waals surface area contributed by atoms with Gasteiger partial charge in [-0.15, -0.1) is 0 Å². The third-order valence-corrected chi connectivity index (χ3v) is 7.09. The quantitative estimate of drug-likeness (QED) is 0.816. The molecule has 0 amide bonds. The van der Waals surface area contributed by atoms with Crippen molar-refractivity contribution in [2.45, 2.75) is 64.3 Å². The Hall–Kier alpha value is -1.66. The number of hydrogen-bond acceptors (Lipinski definition) is 4. The standard InChI is InChI=1S/C19H26N2O3S/c1-12(2)18-11-16(20-24-18)17-7-6-8-21(17)25(22,23)19-10-14(4)13(3)9-15(19)5/h9-12,17H,6-8H2,1-5H3/t17-/m0/s1. The molecular weight excluding hydrogens is 336 g/mol. The van der Waals surface area contributed by atoms with Crippen molar-refractivity contribution in [2.24, 2.45) is 0 Å². The fourth-order valence-electron chi connectivity index (χ4n) is 3.39. The Morgan fingerprint density at radius 2 is 1.80 bits per heavy atom. The highest BCUT2D eigenvalue weighted by Crippen LogP contribution is 2.38. The number of aromatic nitrogens is 1. The topological polar surface area (TPSA) is 63.4 Å². The molecule has 6 heteroatoms. The molecular formula is C19H26N2O3S. The van der Waals surface area contributed by atoms with E-state index in [0.29, 0.717) is 17.1 Å². The molecule has 2 heterocycles. The minimum Gasteiger partial charge on any atom is -0.361 e. The van der Waals surface area contributed by atoms with Crippen molar-refractivity contribution in [3.05, 3.63) is 46.3 Å². The van der Waals surface area contributed by atoms with Crippen LogP contribution in [0.4, 0.5) is 0 Å². The van der Waals surface area contributed by atoms with Gasteiger partial charge in [-0.3, -0.25) is 0 Å². The van der Waals surface area contributed by atoms with Crippen LogP contribution in [0.2, 0.25) is 0 Å². The maximum absolute atomic E-state index is 13.3. The van der Waals surface area contributed by atoms with Crippen molar-refractivity contribution in [1.82, 2.24) is 9.46 Å². The van der Waals surface area contributed by atoms with Crippen LogP contribution in [0.3, 0.4) is 0 Å². The highest BCUT2D eigenvalue weighted by atomic mass is 32.2. The fourth-order valence-corrected chi connectivity index (χ4v) is 5.36. The van der Waals surface area contributed by atoms with Gasteiger partial charge in [0, 0.05) is 18.5 Å². The van der Waals surface area contributed by atoms with Crippen LogP contribution in [-0.4, -0.2) is 24.4 Å². The molecule has 1 atom stereocenters. The van der Waals surface area contributed by atoms with Gasteiger partial charge in [-0.2, -0.15) is 4.31 Å². The lowest BCUT2D eigenvalue weighted by atomic mass is 10.1. The Morgan fingerprint density at radius 1 is 1.12 bits per heavy atom. The molecule has 0 radical (unpaired) electrons. The van der Waals surface area contributed by atoms with Gasteiger partial charge in [0.15, 0.2) is 0 Å². The molecule has 1 aromatic heterocycles. The first-order valence-electron chi connectivity index (χ1n) is 8.78. The molecule has 0 N–H and O–H groups in total. The fraction of sp³-hybridized carbons (Fsp3) is 0.526. The Morgan fingerprint density at radius 3 is 2.44 bits per heavy atom. The molecule has 2 aromatic rings. The van der Waals surface area contributed by atoms with Gasteiger partial charge in [-0.25, -0.2) is 8.42 Å². The van der Waals surface area contributed by atoms with Gasteiger partial charge in [-0.1, -0.05) is 25.1 Å². The summed E-state index contributed by atoms with van der Waals surface area (Å²) in [5, 5.41) is 4.15. The number of hydrogen-bond donors (Lipinski definition) is 0. The SMILES string of the molecule is Cc1cc(C)c(S(=O)(=O)N2CCC[C@H]2c2cc(C(C)C)on2)cc1C. The third-order valence-electron chi connectivity index (χ3n) is 5.04. The molecule has 136 valence electrons. The van der Waals surface area contributed by atoms with Crippen LogP contribution in [0.5, 0.6) is 0 Å². The number of benzene rings is 1. The van der Waals surface area contributed by atoms with Gasteiger partial charge in [-0.05, 0) is 56.4 Å². The van der Waals surface area contributed by atoms with Crippen molar-refractivity contribution < 1.29 is 12.9 Å². The summed E-state index contributed by atoms with van der Waals surface area (Å²) in [4.78, 5) is 0.398. The third kappa shape index (κ3) is 3.25. The first-order valence-corrected chi connectivity index (χ1v) is 10.2. The molecule has 0 bridgehead atoms. The summed E-state index contributed by atoms with van der Waals surface area (Å²) in [6, 6.07) is 5.39. The van der Waals surface area contributed by atoms with E-state index in [2.05, 4.69) is 5.16 Å². The zero-order valence-electron chi connectivity index (χ0n) is 15.5. The number of aryl methyl sites for hydroxylation is 3. The van der Waals surface area contributed by atoms with E-state index < -0.39 is 10.0 Å². The van der Waals surface area contributed by atoms with Gasteiger partial charge >= 0.3 is 0 Å². The second-order valence-corrected chi connectivity index (χ2v) is 9.14. The number of sulfonamides is 1. The zero-order chi connectivity index (χ0) is 18.4. The summed E-state index contributed by atoms with van der Waals surface area (Å²) in [5.74, 6) is 1.02. The van der Waals surface area contributed by atoms with Gasteiger partial charge < -0.3 is 4.52 Å². The summed E-state index contributed by atoms with van der Waals surface area (Å²) in [7, 11) is -3.57. The monoisotopic (exact) mass is 362 g/mol. The molecule has 0 saturated carbocycles. The minimum absolute atomic E-state index is 0.231. The first kappa shape index (κ1) is 18.1. The number of rotatable bonds is 4. The van der Waals surface area contributed by atoms with E-state index in [1.165, 1.54) is 0 Å². The molecule has 0 unspecified atom stereocenters. The Balaban J connectivity index is 2.00. The molecule has 1 aromatic carbocycles. The van der Waals surface area contributed by atoms with Gasteiger partial charge in [0.05, 0.1) is 10.9 Å². The summed E-state index contributed by atoms with van der Waals surface area (Å²) in [6.07, 6.45) is 1.60. The Kier molecular flexibility index (Phi) is 4.77. The van der Waals surface area contributed by atoms with E-state index >= 15 is 0 Å². The van der Waals surface area contributed by atoms with Crippen molar-refractivity contribution in [3.8, 4) is 0 Å².